The lowest BCUT2D eigenvalue weighted by molar-refractivity contribution is 0.838. The molecule has 0 saturated carbocycles. The number of benzene rings is 1. The van der Waals surface area contributed by atoms with Crippen LogP contribution in [0.25, 0.3) is 0 Å². The zero-order valence-corrected chi connectivity index (χ0v) is 46.1. The first-order chi connectivity index (χ1) is 26.6. The van der Waals surface area contributed by atoms with E-state index < -0.39 is 32.3 Å². The van der Waals surface area contributed by atoms with Gasteiger partial charge in [0.05, 0.1) is 33.4 Å². The third-order valence-corrected chi connectivity index (χ3v) is 40.0. The average molecular weight is 848 g/mol. The highest BCUT2D eigenvalue weighted by Crippen LogP contribution is 2.45. The molecule has 0 unspecified atom stereocenters. The molecule has 0 aliphatic heterocycles. The molecule has 0 N–H and O–H groups in total. The Morgan fingerprint density at radius 2 is 0.362 bits per heavy atom. The SMILES string of the molecule is C#Cc1c(C#C)c(C#C[Si](C(C)C)(C(C)C)C(C)C)c(C#C[Si](C(C)C)(C(C)C)C(C)C)c(C#C[Si](C(C)C)(C(C)C)C(C)C)c1C#C[Si](C(C)C)(C(C)C)C(C)C. The van der Waals surface area contributed by atoms with E-state index >= 15 is 0 Å². The molecule has 1 aromatic carbocycles. The van der Waals surface area contributed by atoms with Crippen molar-refractivity contribution in [3.8, 4) is 70.5 Å². The second-order valence-electron chi connectivity index (χ2n) is 21.1. The van der Waals surface area contributed by atoms with E-state index in [1.807, 2.05) is 0 Å². The molecule has 0 nitrogen and oxygen atoms in total. The van der Waals surface area contributed by atoms with E-state index in [0.717, 1.165) is 22.3 Å². The lowest BCUT2D eigenvalue weighted by Gasteiger charge is -2.38. The topological polar surface area (TPSA) is 0 Å². The van der Waals surface area contributed by atoms with Gasteiger partial charge in [-0.3, -0.25) is 0 Å². The number of hydrogen-bond donors (Lipinski definition) is 0. The molecule has 0 saturated heterocycles. The van der Waals surface area contributed by atoms with E-state index in [2.05, 4.69) is 224 Å². The highest BCUT2D eigenvalue weighted by atomic mass is 28.3. The molecule has 0 heterocycles. The standard InChI is InChI=1S/C54H86Si4/c1-27-49-50(28-2)52(30-34-56(40(9)10,41(11)12)42(13)14)54(32-36-58(46(21)22,47(23)24)48(25)26)53(31-35-57(43(15)16,44(17)18)45(19)20)51(49)29-33-55(37(3)4,38(5)6)39(7)8/h1-2,37-48H,3-26H3. The lowest BCUT2D eigenvalue weighted by Crippen LogP contribution is -2.43. The van der Waals surface area contributed by atoms with E-state index in [1.165, 1.54) is 0 Å². The molecule has 58 heavy (non-hydrogen) atoms. The second-order valence-corrected chi connectivity index (χ2v) is 43.4. The number of rotatable bonds is 12. The van der Waals surface area contributed by atoms with E-state index in [1.54, 1.807) is 0 Å². The van der Waals surface area contributed by atoms with Gasteiger partial charge in [-0.25, -0.2) is 0 Å². The van der Waals surface area contributed by atoms with Crippen LogP contribution < -0.4 is 0 Å². The smallest absolute Gasteiger partial charge is 0.125 e. The Hall–Kier alpha value is -2.55. The average Bonchev–Trinajstić information content (AvgIpc) is 3.07. The summed E-state index contributed by atoms with van der Waals surface area (Å²) in [6.07, 6.45) is 13.3. The van der Waals surface area contributed by atoms with Gasteiger partial charge in [0.15, 0.2) is 0 Å². The predicted molar refractivity (Wildman–Crippen MR) is 274 cm³/mol. The lowest BCUT2D eigenvalue weighted by atomic mass is 9.87. The van der Waals surface area contributed by atoms with Crippen LogP contribution in [0.5, 0.6) is 0 Å². The Balaban J connectivity index is 5.43. The van der Waals surface area contributed by atoms with Crippen molar-refractivity contribution in [1.29, 1.82) is 0 Å². The van der Waals surface area contributed by atoms with Crippen molar-refractivity contribution in [3.63, 3.8) is 0 Å². The van der Waals surface area contributed by atoms with Gasteiger partial charge in [-0.1, -0.05) is 202 Å². The van der Waals surface area contributed by atoms with Gasteiger partial charge in [-0.15, -0.1) is 35.0 Å². The maximum absolute atomic E-state index is 6.64. The monoisotopic (exact) mass is 847 g/mol. The summed E-state index contributed by atoms with van der Waals surface area (Å²) in [4.78, 5) is 0. The maximum atomic E-state index is 6.64. The van der Waals surface area contributed by atoms with Crippen molar-refractivity contribution in [2.24, 2.45) is 0 Å². The van der Waals surface area contributed by atoms with Gasteiger partial charge in [-0.05, 0) is 66.5 Å². The van der Waals surface area contributed by atoms with Crippen LogP contribution in [0.1, 0.15) is 200 Å². The van der Waals surface area contributed by atoms with Crippen LogP contribution in [0, 0.1) is 70.5 Å². The second kappa shape index (κ2) is 21.3. The Kier molecular flexibility index (Phi) is 19.6. The fourth-order valence-corrected chi connectivity index (χ4v) is 32.8. The third kappa shape index (κ3) is 9.97. The van der Waals surface area contributed by atoms with E-state index in [-0.39, 0.29) is 0 Å². The molecule has 0 atom stereocenters. The quantitative estimate of drug-likeness (QED) is 0.145. The molecule has 318 valence electrons. The summed E-state index contributed by atoms with van der Waals surface area (Å²) in [6.45, 7) is 56.9. The molecule has 0 aromatic heterocycles. The zero-order valence-electron chi connectivity index (χ0n) is 42.1. The Morgan fingerprint density at radius 3 is 0.466 bits per heavy atom. The minimum Gasteiger partial charge on any atom is -0.125 e. The third-order valence-electron chi connectivity index (χ3n) is 14.9. The highest BCUT2D eigenvalue weighted by Gasteiger charge is 2.45. The summed E-state index contributed by atoms with van der Waals surface area (Å²) in [7, 11) is -8.78. The molecule has 1 rings (SSSR count). The van der Waals surface area contributed by atoms with Crippen LogP contribution in [0.3, 0.4) is 0 Å². The largest absolute Gasteiger partial charge is 0.146 e. The van der Waals surface area contributed by atoms with Crippen molar-refractivity contribution in [1.82, 2.24) is 0 Å². The van der Waals surface area contributed by atoms with Gasteiger partial charge in [0.1, 0.15) is 32.3 Å². The first kappa shape index (κ1) is 53.5. The van der Waals surface area contributed by atoms with Crippen molar-refractivity contribution < 1.29 is 0 Å². The van der Waals surface area contributed by atoms with Crippen molar-refractivity contribution >= 4 is 32.3 Å². The van der Waals surface area contributed by atoms with E-state index in [4.69, 9.17) is 12.8 Å². The van der Waals surface area contributed by atoms with E-state index in [0.29, 0.717) is 77.6 Å². The minimum absolute atomic E-state index is 0.458. The molecule has 1 aromatic rings. The molecular formula is C54H86Si4. The highest BCUT2D eigenvalue weighted by molar-refractivity contribution is 6.92. The Morgan fingerprint density at radius 1 is 0.241 bits per heavy atom. The van der Waals surface area contributed by atoms with Crippen LogP contribution in [-0.4, -0.2) is 32.3 Å². The van der Waals surface area contributed by atoms with Crippen LogP contribution in [0.2, 0.25) is 66.5 Å². The van der Waals surface area contributed by atoms with Crippen molar-refractivity contribution in [2.75, 3.05) is 0 Å². The summed E-state index contributed by atoms with van der Waals surface area (Å²) >= 11 is 0. The first-order valence-corrected chi connectivity index (χ1v) is 31.8. The fraction of sp³-hybridized carbons (Fsp3) is 0.667. The van der Waals surface area contributed by atoms with Gasteiger partial charge in [-0.2, -0.15) is 0 Å². The van der Waals surface area contributed by atoms with Gasteiger partial charge in [0.25, 0.3) is 0 Å². The molecule has 0 radical (unpaired) electrons. The minimum atomic E-state index is -2.20. The molecule has 0 amide bonds. The normalized spacial score (nSPS) is 12.7. The fourth-order valence-electron chi connectivity index (χ4n) is 12.0. The van der Waals surface area contributed by atoms with Crippen LogP contribution >= 0.6 is 0 Å². The molecule has 0 aliphatic rings. The first-order valence-electron chi connectivity index (χ1n) is 22.9. The van der Waals surface area contributed by atoms with E-state index in [9.17, 15) is 0 Å². The van der Waals surface area contributed by atoms with Crippen LogP contribution in [0.15, 0.2) is 0 Å². The molecule has 4 heteroatoms. The van der Waals surface area contributed by atoms with Gasteiger partial charge in [0.2, 0.25) is 0 Å². The molecule has 0 aliphatic carbocycles. The molecular weight excluding hydrogens is 761 g/mol. The molecule has 0 bridgehead atoms. The Labute approximate surface area is 366 Å². The summed E-state index contributed by atoms with van der Waals surface area (Å²) in [5, 5.41) is 0. The summed E-state index contributed by atoms with van der Waals surface area (Å²) < 4.78 is 0. The van der Waals surface area contributed by atoms with Gasteiger partial charge < -0.3 is 0 Å². The molecule has 0 fully saturated rings. The number of hydrogen-bond acceptors (Lipinski definition) is 0. The zero-order chi connectivity index (χ0) is 45.5. The summed E-state index contributed by atoms with van der Waals surface area (Å²) in [6, 6.07) is 0. The summed E-state index contributed by atoms with van der Waals surface area (Å²) in [5.74, 6) is 21.9. The maximum Gasteiger partial charge on any atom is 0.146 e. The van der Waals surface area contributed by atoms with Gasteiger partial charge in [0, 0.05) is 0 Å². The van der Waals surface area contributed by atoms with Crippen LogP contribution in [-0.2, 0) is 0 Å². The Bertz CT molecular complexity index is 1690. The van der Waals surface area contributed by atoms with Crippen molar-refractivity contribution in [3.05, 3.63) is 33.4 Å². The molecule has 0 spiro atoms. The summed E-state index contributed by atoms with van der Waals surface area (Å²) in [5.41, 5.74) is 26.5. The van der Waals surface area contributed by atoms with Crippen molar-refractivity contribution in [2.45, 2.75) is 233 Å². The van der Waals surface area contributed by atoms with Gasteiger partial charge >= 0.3 is 0 Å². The van der Waals surface area contributed by atoms with Crippen LogP contribution in [0.4, 0.5) is 0 Å². The number of terminal acetylenes is 2. The predicted octanol–water partition coefficient (Wildman–Crippen LogP) is 15.9.